The second-order valence-corrected chi connectivity index (χ2v) is 13.7. The normalized spacial score (nSPS) is 20.0. The Labute approximate surface area is 163 Å². The summed E-state index contributed by atoms with van der Waals surface area (Å²) >= 11 is 0.0872. The van der Waals surface area contributed by atoms with Crippen molar-refractivity contribution in [1.29, 1.82) is 0 Å². The van der Waals surface area contributed by atoms with Crippen molar-refractivity contribution < 1.29 is 0 Å². The molecule has 0 atom stereocenters. The number of hydrogen-bond donors (Lipinski definition) is 2. The van der Waals surface area contributed by atoms with Crippen molar-refractivity contribution in [2.45, 2.75) is 88.9 Å². The topological polar surface area (TPSA) is 24.1 Å². The van der Waals surface area contributed by atoms with Crippen molar-refractivity contribution in [3.05, 3.63) is 0 Å². The Morgan fingerprint density at radius 2 is 1.38 bits per heavy atom. The third-order valence-corrected chi connectivity index (χ3v) is 9.67. The third-order valence-electron chi connectivity index (χ3n) is 5.21. The number of piperidine rings is 2. The first-order valence-electron chi connectivity index (χ1n) is 10.6. The van der Waals surface area contributed by atoms with Gasteiger partial charge in [0.1, 0.15) is 0 Å². The monoisotopic (exact) mass is 446 g/mol. The van der Waals surface area contributed by atoms with Gasteiger partial charge in [0.2, 0.25) is 0 Å². The van der Waals surface area contributed by atoms with E-state index in [1.165, 1.54) is 66.7 Å². The molecule has 2 fully saturated rings. The van der Waals surface area contributed by atoms with Crippen molar-refractivity contribution in [1.82, 2.24) is 10.6 Å². The molecule has 2 saturated heterocycles. The van der Waals surface area contributed by atoms with E-state index < -0.39 is 0 Å². The molecule has 0 aromatic carbocycles. The van der Waals surface area contributed by atoms with Gasteiger partial charge in [-0.05, 0) is 49.6 Å². The fourth-order valence-corrected chi connectivity index (χ4v) is 7.77. The van der Waals surface area contributed by atoms with Crippen LogP contribution in [0.25, 0.3) is 0 Å². The summed E-state index contributed by atoms with van der Waals surface area (Å²) in [5.41, 5.74) is 0.552. The molecule has 2 nitrogen and oxygen atoms in total. The summed E-state index contributed by atoms with van der Waals surface area (Å²) in [6.07, 6.45) is 7.09. The molecule has 144 valence electrons. The molecule has 2 N–H and O–H groups in total. The molecule has 0 aromatic rings. The van der Waals surface area contributed by atoms with Crippen LogP contribution < -0.4 is 10.6 Å². The van der Waals surface area contributed by atoms with Crippen LogP contribution in [0.15, 0.2) is 0 Å². The minimum atomic E-state index is 0.0872. The molecule has 2 rings (SSSR count). The van der Waals surface area contributed by atoms with Crippen LogP contribution in [0.3, 0.4) is 0 Å². The second-order valence-electron chi connectivity index (χ2n) is 8.19. The first-order chi connectivity index (χ1) is 11.5. The Kier molecular flexibility index (Phi) is 15.3. The zero-order valence-electron chi connectivity index (χ0n) is 17.8. The van der Waals surface area contributed by atoms with Crippen LogP contribution in [0.5, 0.6) is 0 Å². The maximum atomic E-state index is 3.44. The van der Waals surface area contributed by atoms with Gasteiger partial charge < -0.3 is 5.32 Å². The van der Waals surface area contributed by atoms with Crippen molar-refractivity contribution in [3.8, 4) is 0 Å². The third kappa shape index (κ3) is 11.4. The van der Waals surface area contributed by atoms with E-state index in [9.17, 15) is 0 Å². The number of hydrogen-bond acceptors (Lipinski definition) is 2. The zero-order chi connectivity index (χ0) is 18.4. The fourth-order valence-electron chi connectivity index (χ4n) is 4.14. The van der Waals surface area contributed by atoms with Gasteiger partial charge in [0.05, 0.1) is 0 Å². The predicted octanol–water partition coefficient (Wildman–Crippen LogP) is 5.39. The summed E-state index contributed by atoms with van der Waals surface area (Å²) < 4.78 is 2.74. The standard InChI is InChI=1S/C12H25N.C5H10N.C2H6.C2H5.Sn/c1-10(2)9-12(3,4)11-5-7-13-8-6-11;1-2-4-6-5-3-1;2*1-2;/h10-11,13H,5-9H2,1-4H3;1,6H,2-5H2;1-2H3;1H2,2H3;. The average molecular weight is 445 g/mol. The van der Waals surface area contributed by atoms with E-state index in [0.717, 1.165) is 11.8 Å². The van der Waals surface area contributed by atoms with Crippen LogP contribution in [0.1, 0.15) is 80.6 Å². The summed E-state index contributed by atoms with van der Waals surface area (Å²) in [5.74, 6) is 1.78. The molecular weight excluding hydrogens is 399 g/mol. The van der Waals surface area contributed by atoms with E-state index in [4.69, 9.17) is 0 Å². The Balaban J connectivity index is 0.000000420. The van der Waals surface area contributed by atoms with Crippen molar-refractivity contribution in [2.24, 2.45) is 17.3 Å². The Morgan fingerprint density at radius 3 is 1.79 bits per heavy atom. The van der Waals surface area contributed by atoms with Gasteiger partial charge in [-0.1, -0.05) is 41.5 Å². The molecule has 0 unspecified atom stereocenters. The summed E-state index contributed by atoms with van der Waals surface area (Å²) in [6, 6.07) is 0. The average Bonchev–Trinajstić information content (AvgIpc) is 2.58. The first-order valence-corrected chi connectivity index (χ1v) is 14.3. The number of rotatable bonds is 5. The van der Waals surface area contributed by atoms with Crippen LogP contribution in [0.4, 0.5) is 0 Å². The molecule has 0 amide bonds. The minimum absolute atomic E-state index is 0.0872. The molecule has 24 heavy (non-hydrogen) atoms. The van der Waals surface area contributed by atoms with Crippen LogP contribution in [-0.4, -0.2) is 47.3 Å². The van der Waals surface area contributed by atoms with E-state index in [0.29, 0.717) is 5.41 Å². The van der Waals surface area contributed by atoms with E-state index in [2.05, 4.69) is 45.3 Å². The van der Waals surface area contributed by atoms with Crippen LogP contribution in [-0.2, 0) is 0 Å². The Morgan fingerprint density at radius 1 is 0.917 bits per heavy atom. The van der Waals surface area contributed by atoms with Crippen LogP contribution in [0, 0.1) is 17.3 Å². The summed E-state index contributed by atoms with van der Waals surface area (Å²) in [5, 5.41) is 6.84. The van der Waals surface area contributed by atoms with Gasteiger partial charge in [-0.3, -0.25) is 0 Å². The fraction of sp³-hybridized carbons (Fsp3) is 1.00. The molecule has 0 saturated carbocycles. The van der Waals surface area contributed by atoms with Crippen molar-refractivity contribution in [3.63, 3.8) is 0 Å². The summed E-state index contributed by atoms with van der Waals surface area (Å²) in [6.45, 7) is 21.0. The maximum absolute atomic E-state index is 3.44. The van der Waals surface area contributed by atoms with Gasteiger partial charge in [0, 0.05) is 0 Å². The molecule has 0 aromatic heterocycles. The molecule has 3 heteroatoms. The van der Waals surface area contributed by atoms with E-state index in [1.54, 1.807) is 0 Å². The molecule has 2 radical (unpaired) electrons. The van der Waals surface area contributed by atoms with E-state index in [1.807, 2.05) is 13.8 Å². The van der Waals surface area contributed by atoms with Crippen molar-refractivity contribution >= 4 is 21.1 Å². The molecule has 2 aliphatic rings. The SMILES string of the molecule is CC.CC(C)CC(C)(C)C1CCNCC1.C[CH2][Sn][CH]1CCNCC1. The van der Waals surface area contributed by atoms with Crippen LogP contribution >= 0.6 is 0 Å². The van der Waals surface area contributed by atoms with Gasteiger partial charge in [-0.15, -0.1) is 0 Å². The van der Waals surface area contributed by atoms with E-state index in [-0.39, 0.29) is 21.1 Å². The predicted molar refractivity (Wildman–Crippen MR) is 112 cm³/mol. The molecular formula is C21H46N2Sn. The molecule has 0 bridgehead atoms. The van der Waals surface area contributed by atoms with Crippen molar-refractivity contribution in [2.75, 3.05) is 26.2 Å². The number of nitrogens with one attached hydrogen (secondary N) is 2. The first kappa shape index (κ1) is 24.7. The van der Waals surface area contributed by atoms with Crippen LogP contribution in [0.2, 0.25) is 8.37 Å². The van der Waals surface area contributed by atoms with Gasteiger partial charge in [-0.2, -0.15) is 0 Å². The molecule has 0 spiro atoms. The summed E-state index contributed by atoms with van der Waals surface area (Å²) in [4.78, 5) is 0. The second kappa shape index (κ2) is 14.8. The molecule has 0 aliphatic carbocycles. The van der Waals surface area contributed by atoms with Gasteiger partial charge in [-0.25, -0.2) is 0 Å². The van der Waals surface area contributed by atoms with Gasteiger partial charge in [0.15, 0.2) is 0 Å². The van der Waals surface area contributed by atoms with E-state index >= 15 is 0 Å². The quantitative estimate of drug-likeness (QED) is 0.555. The Bertz CT molecular complexity index is 264. The molecule has 2 heterocycles. The zero-order valence-corrected chi connectivity index (χ0v) is 20.7. The molecule has 2 aliphatic heterocycles. The summed E-state index contributed by atoms with van der Waals surface area (Å²) in [7, 11) is 0. The van der Waals surface area contributed by atoms with Gasteiger partial charge in [0.25, 0.3) is 0 Å². The Hall–Kier alpha value is 0.719. The van der Waals surface area contributed by atoms with Gasteiger partial charge >= 0.3 is 67.7 Å².